The maximum absolute atomic E-state index is 12.1. The Labute approximate surface area is 123 Å². The van der Waals surface area contributed by atoms with Crippen LogP contribution in [0.1, 0.15) is 37.5 Å². The van der Waals surface area contributed by atoms with Crippen LogP contribution in [0, 0.1) is 0 Å². The molecule has 0 radical (unpaired) electrons. The molecule has 0 spiro atoms. The Hall–Kier alpha value is -1.35. The van der Waals surface area contributed by atoms with Crippen LogP contribution in [0.4, 0.5) is 0 Å². The summed E-state index contributed by atoms with van der Waals surface area (Å²) in [5.41, 5.74) is 4.17. The third-order valence-corrected chi connectivity index (χ3v) is 3.63. The standard InChI is InChI=1S/C16H24N2O.CH4/c1-4-5-13-6-7-15-11-18(9-8-14(15)10-13)16(19)12-17(2)3;/h6-7,10H,4-5,8-9,11-12H2,1-3H3;1H4. The molecule has 0 fully saturated rings. The van der Waals surface area contributed by atoms with Gasteiger partial charge in [-0.05, 0) is 43.6 Å². The fourth-order valence-electron chi connectivity index (χ4n) is 2.63. The predicted octanol–water partition coefficient (Wildman–Crippen LogP) is 2.72. The molecule has 3 nitrogen and oxygen atoms in total. The molecule has 1 aliphatic rings. The normalized spacial score (nSPS) is 13.9. The first kappa shape index (κ1) is 16.7. The first-order chi connectivity index (χ1) is 9.10. The highest BCUT2D eigenvalue weighted by Gasteiger charge is 2.20. The first-order valence-electron chi connectivity index (χ1n) is 7.13. The van der Waals surface area contributed by atoms with Crippen molar-refractivity contribution in [1.29, 1.82) is 0 Å². The maximum atomic E-state index is 12.1. The Bertz CT molecular complexity index is 454. The van der Waals surface area contributed by atoms with E-state index in [-0.39, 0.29) is 13.3 Å². The molecule has 3 heteroatoms. The van der Waals surface area contributed by atoms with E-state index in [9.17, 15) is 4.79 Å². The summed E-state index contributed by atoms with van der Waals surface area (Å²) < 4.78 is 0. The number of benzene rings is 1. The molecule has 0 saturated heterocycles. The van der Waals surface area contributed by atoms with Crippen molar-refractivity contribution in [2.24, 2.45) is 0 Å². The van der Waals surface area contributed by atoms with Gasteiger partial charge < -0.3 is 9.80 Å². The number of likely N-dealkylation sites (N-methyl/N-ethyl adjacent to an activating group) is 1. The van der Waals surface area contributed by atoms with Gasteiger partial charge >= 0.3 is 0 Å². The topological polar surface area (TPSA) is 23.6 Å². The second kappa shape index (κ2) is 7.44. The zero-order valence-electron chi connectivity index (χ0n) is 12.3. The number of nitrogens with zero attached hydrogens (tertiary/aromatic N) is 2. The van der Waals surface area contributed by atoms with Gasteiger partial charge in [0.2, 0.25) is 5.91 Å². The number of aryl methyl sites for hydroxylation is 1. The number of carbonyl (C=O) groups excluding carboxylic acids is 1. The Morgan fingerprint density at radius 3 is 2.70 bits per heavy atom. The molecule has 20 heavy (non-hydrogen) atoms. The molecule has 2 rings (SSSR count). The van der Waals surface area contributed by atoms with Gasteiger partial charge in [0.1, 0.15) is 0 Å². The van der Waals surface area contributed by atoms with Gasteiger partial charge in [-0.2, -0.15) is 0 Å². The van der Waals surface area contributed by atoms with E-state index in [1.807, 2.05) is 23.9 Å². The lowest BCUT2D eigenvalue weighted by molar-refractivity contribution is -0.132. The van der Waals surface area contributed by atoms with Crippen molar-refractivity contribution < 1.29 is 4.79 Å². The van der Waals surface area contributed by atoms with Crippen LogP contribution in [-0.4, -0.2) is 42.9 Å². The lowest BCUT2D eigenvalue weighted by atomic mass is 9.96. The number of amides is 1. The molecule has 0 atom stereocenters. The summed E-state index contributed by atoms with van der Waals surface area (Å²) in [6.45, 7) is 4.34. The molecule has 0 unspecified atom stereocenters. The van der Waals surface area contributed by atoms with Crippen molar-refractivity contribution >= 4 is 5.91 Å². The summed E-state index contributed by atoms with van der Waals surface area (Å²) in [6, 6.07) is 6.74. The van der Waals surface area contributed by atoms with Crippen LogP contribution in [0.2, 0.25) is 0 Å². The van der Waals surface area contributed by atoms with Gasteiger partial charge in [-0.3, -0.25) is 4.79 Å². The zero-order valence-corrected chi connectivity index (χ0v) is 12.3. The van der Waals surface area contributed by atoms with Gasteiger partial charge in [0.25, 0.3) is 0 Å². The second-order valence-corrected chi connectivity index (χ2v) is 5.66. The van der Waals surface area contributed by atoms with Crippen LogP contribution >= 0.6 is 0 Å². The smallest absolute Gasteiger partial charge is 0.237 e. The van der Waals surface area contributed by atoms with Crippen molar-refractivity contribution in [3.05, 3.63) is 34.9 Å². The van der Waals surface area contributed by atoms with Crippen LogP contribution in [0.5, 0.6) is 0 Å². The fraction of sp³-hybridized carbons (Fsp3) is 0.588. The quantitative estimate of drug-likeness (QED) is 0.844. The SMILES string of the molecule is C.CCCc1ccc2c(c1)CCN(C(=O)CN(C)C)C2. The summed E-state index contributed by atoms with van der Waals surface area (Å²) in [6.07, 6.45) is 3.33. The number of hydrogen-bond acceptors (Lipinski definition) is 2. The van der Waals surface area contributed by atoms with Crippen LogP contribution in [0.3, 0.4) is 0 Å². The minimum atomic E-state index is 0. The molecule has 1 heterocycles. The lowest BCUT2D eigenvalue weighted by Gasteiger charge is -2.30. The van der Waals surface area contributed by atoms with Gasteiger partial charge in [-0.15, -0.1) is 0 Å². The van der Waals surface area contributed by atoms with Crippen molar-refractivity contribution in [3.63, 3.8) is 0 Å². The minimum absolute atomic E-state index is 0. The Morgan fingerprint density at radius 1 is 1.30 bits per heavy atom. The third-order valence-electron chi connectivity index (χ3n) is 3.63. The molecule has 0 bridgehead atoms. The summed E-state index contributed by atoms with van der Waals surface area (Å²) in [5.74, 6) is 0.230. The number of fused-ring (bicyclic) bond motifs is 1. The van der Waals surface area contributed by atoms with Crippen LogP contribution in [0.25, 0.3) is 0 Å². The van der Waals surface area contributed by atoms with E-state index in [2.05, 4.69) is 25.1 Å². The maximum Gasteiger partial charge on any atom is 0.237 e. The van der Waals surface area contributed by atoms with E-state index >= 15 is 0 Å². The highest BCUT2D eigenvalue weighted by atomic mass is 16.2. The van der Waals surface area contributed by atoms with E-state index in [1.54, 1.807) is 0 Å². The molecule has 1 aromatic rings. The highest BCUT2D eigenvalue weighted by molar-refractivity contribution is 5.78. The van der Waals surface area contributed by atoms with E-state index in [1.165, 1.54) is 23.1 Å². The molecular formula is C17H28N2O. The molecular weight excluding hydrogens is 248 g/mol. The van der Waals surface area contributed by atoms with Crippen molar-refractivity contribution in [2.45, 2.75) is 40.2 Å². The summed E-state index contributed by atoms with van der Waals surface area (Å²) in [7, 11) is 3.87. The van der Waals surface area contributed by atoms with Crippen LogP contribution in [-0.2, 0) is 24.2 Å². The number of hydrogen-bond donors (Lipinski definition) is 0. The molecule has 0 N–H and O–H groups in total. The monoisotopic (exact) mass is 276 g/mol. The van der Waals surface area contributed by atoms with Crippen LogP contribution < -0.4 is 0 Å². The Morgan fingerprint density at radius 2 is 2.05 bits per heavy atom. The predicted molar refractivity (Wildman–Crippen MR) is 84.8 cm³/mol. The van der Waals surface area contributed by atoms with Crippen molar-refractivity contribution in [2.75, 3.05) is 27.2 Å². The van der Waals surface area contributed by atoms with Crippen LogP contribution in [0.15, 0.2) is 18.2 Å². The largest absolute Gasteiger partial charge is 0.337 e. The highest BCUT2D eigenvalue weighted by Crippen LogP contribution is 2.21. The van der Waals surface area contributed by atoms with E-state index < -0.39 is 0 Å². The summed E-state index contributed by atoms with van der Waals surface area (Å²) >= 11 is 0. The number of rotatable bonds is 4. The Kier molecular flexibility index (Phi) is 6.21. The lowest BCUT2D eigenvalue weighted by Crippen LogP contribution is -2.40. The average Bonchev–Trinajstić information content (AvgIpc) is 2.37. The van der Waals surface area contributed by atoms with Crippen molar-refractivity contribution in [1.82, 2.24) is 9.80 Å². The van der Waals surface area contributed by atoms with Gasteiger partial charge in [-0.1, -0.05) is 39.0 Å². The van der Waals surface area contributed by atoms with E-state index in [0.717, 1.165) is 25.9 Å². The molecule has 1 aliphatic heterocycles. The van der Waals surface area contributed by atoms with Gasteiger partial charge in [0.05, 0.1) is 6.54 Å². The fourth-order valence-corrected chi connectivity index (χ4v) is 2.63. The van der Waals surface area contributed by atoms with E-state index in [0.29, 0.717) is 6.54 Å². The van der Waals surface area contributed by atoms with Crippen molar-refractivity contribution in [3.8, 4) is 0 Å². The Balaban J connectivity index is 0.00000200. The van der Waals surface area contributed by atoms with Gasteiger partial charge in [-0.25, -0.2) is 0 Å². The molecule has 112 valence electrons. The third kappa shape index (κ3) is 4.07. The molecule has 0 saturated carbocycles. The van der Waals surface area contributed by atoms with Gasteiger partial charge in [0, 0.05) is 13.1 Å². The molecule has 0 aliphatic carbocycles. The molecule has 0 aromatic heterocycles. The summed E-state index contributed by atoms with van der Waals surface area (Å²) in [4.78, 5) is 16.0. The number of carbonyl (C=O) groups is 1. The second-order valence-electron chi connectivity index (χ2n) is 5.66. The minimum Gasteiger partial charge on any atom is -0.337 e. The summed E-state index contributed by atoms with van der Waals surface area (Å²) in [5, 5.41) is 0. The average molecular weight is 276 g/mol. The van der Waals surface area contributed by atoms with E-state index in [4.69, 9.17) is 0 Å². The molecule has 1 amide bonds. The zero-order chi connectivity index (χ0) is 13.8. The van der Waals surface area contributed by atoms with Gasteiger partial charge in [0.15, 0.2) is 0 Å². The molecule has 1 aromatic carbocycles. The first-order valence-corrected chi connectivity index (χ1v) is 7.13.